The lowest BCUT2D eigenvalue weighted by molar-refractivity contribution is -0.384. The molecular weight excluding hydrogens is 460 g/mol. The van der Waals surface area contributed by atoms with Crippen molar-refractivity contribution in [3.8, 4) is 0 Å². The van der Waals surface area contributed by atoms with Gasteiger partial charge in [-0.2, -0.15) is 0 Å². The second kappa shape index (κ2) is 9.36. The van der Waals surface area contributed by atoms with Crippen molar-refractivity contribution in [1.82, 2.24) is 4.90 Å². The van der Waals surface area contributed by atoms with Crippen LogP contribution < -0.4 is 0 Å². The van der Waals surface area contributed by atoms with Crippen LogP contribution in [0.25, 0.3) is 0 Å². The van der Waals surface area contributed by atoms with Crippen LogP contribution in [0, 0.1) is 16.0 Å². The minimum atomic E-state index is -1.43. The third-order valence-corrected chi connectivity index (χ3v) is 6.60. The van der Waals surface area contributed by atoms with Gasteiger partial charge >= 0.3 is 12.1 Å². The normalized spacial score (nSPS) is 25.3. The number of rotatable bonds is 5. The monoisotopic (exact) mass is 494 g/mol. The van der Waals surface area contributed by atoms with E-state index in [-0.39, 0.29) is 44.0 Å². The summed E-state index contributed by atoms with van der Waals surface area (Å²) in [7, 11) is 0. The van der Waals surface area contributed by atoms with Gasteiger partial charge in [-0.25, -0.2) is 9.59 Å². The van der Waals surface area contributed by atoms with Gasteiger partial charge in [0.25, 0.3) is 5.69 Å². The molecule has 1 amide bonds. The molecule has 0 unspecified atom stereocenters. The van der Waals surface area contributed by atoms with Crippen molar-refractivity contribution >= 4 is 17.7 Å². The molecule has 35 heavy (non-hydrogen) atoms. The Balaban J connectivity index is 1.73. The van der Waals surface area contributed by atoms with E-state index in [1.54, 1.807) is 41.5 Å². The molecule has 11 nitrogen and oxygen atoms in total. The second-order valence-corrected chi connectivity index (χ2v) is 10.7. The van der Waals surface area contributed by atoms with Gasteiger partial charge in [0.15, 0.2) is 5.79 Å². The largest absolute Gasteiger partial charge is 0.462 e. The van der Waals surface area contributed by atoms with Gasteiger partial charge in [-0.15, -0.1) is 0 Å². The molecule has 3 rings (SSSR count). The van der Waals surface area contributed by atoms with Gasteiger partial charge in [0.05, 0.1) is 35.9 Å². The maximum atomic E-state index is 13.1. The molecule has 2 aliphatic heterocycles. The van der Waals surface area contributed by atoms with E-state index in [1.165, 1.54) is 29.2 Å². The number of likely N-dealkylation sites (tertiary alicyclic amines) is 1. The summed E-state index contributed by atoms with van der Waals surface area (Å²) >= 11 is 0. The van der Waals surface area contributed by atoms with Crippen molar-refractivity contribution in [2.75, 3.05) is 26.4 Å². The van der Waals surface area contributed by atoms with Crippen LogP contribution in [0.4, 0.5) is 10.5 Å². The minimum Gasteiger partial charge on any atom is -0.462 e. The van der Waals surface area contributed by atoms with Gasteiger partial charge in [-0.05, 0) is 60.1 Å². The van der Waals surface area contributed by atoms with Crippen LogP contribution >= 0.6 is 0 Å². The standard InChI is InChI=1S/C24H34N2O9/c1-21(2,3)35-20(28)25-13-17(23(6,29)24(25)14-33-22(4,5)34-15-24)11-12-32-19(27)16-7-9-18(10-8-16)26(30)31/h7-10,17,29H,11-15H2,1-6H3/t17-,23+/m1/s1. The molecule has 1 aromatic rings. The Morgan fingerprint density at radius 1 is 1.17 bits per heavy atom. The molecule has 1 N–H and O–H groups in total. The first kappa shape index (κ1) is 26.8. The average Bonchev–Trinajstić information content (AvgIpc) is 2.96. The molecule has 1 aromatic carbocycles. The van der Waals surface area contributed by atoms with E-state index in [4.69, 9.17) is 18.9 Å². The molecule has 194 valence electrons. The van der Waals surface area contributed by atoms with E-state index in [0.717, 1.165) is 0 Å². The zero-order valence-electron chi connectivity index (χ0n) is 21.0. The second-order valence-electron chi connectivity index (χ2n) is 10.7. The van der Waals surface area contributed by atoms with Crippen LogP contribution in [-0.4, -0.2) is 75.9 Å². The molecule has 2 atom stereocenters. The summed E-state index contributed by atoms with van der Waals surface area (Å²) in [5.74, 6) is -1.96. The minimum absolute atomic E-state index is 0.0257. The molecule has 2 heterocycles. The highest BCUT2D eigenvalue weighted by Gasteiger charge is 2.65. The third-order valence-electron chi connectivity index (χ3n) is 6.60. The smallest absolute Gasteiger partial charge is 0.411 e. The first-order valence-corrected chi connectivity index (χ1v) is 11.5. The number of non-ortho nitro benzene ring substituents is 1. The highest BCUT2D eigenvalue weighted by atomic mass is 16.7. The highest BCUT2D eigenvalue weighted by molar-refractivity contribution is 5.89. The van der Waals surface area contributed by atoms with Crippen molar-refractivity contribution in [3.63, 3.8) is 0 Å². The Morgan fingerprint density at radius 3 is 2.26 bits per heavy atom. The van der Waals surface area contributed by atoms with Crippen molar-refractivity contribution in [2.45, 2.75) is 70.5 Å². The molecule has 1 spiro atoms. The fourth-order valence-electron chi connectivity index (χ4n) is 4.38. The number of ether oxygens (including phenoxy) is 4. The summed E-state index contributed by atoms with van der Waals surface area (Å²) in [5.41, 5.74) is -3.30. The van der Waals surface area contributed by atoms with Crippen molar-refractivity contribution < 1.29 is 38.6 Å². The summed E-state index contributed by atoms with van der Waals surface area (Å²) in [6.45, 7) is 10.7. The molecule has 0 aliphatic carbocycles. The molecule has 0 aromatic heterocycles. The summed E-state index contributed by atoms with van der Waals surface area (Å²) in [4.78, 5) is 37.2. The number of nitrogens with zero attached hydrogens (tertiary/aromatic N) is 2. The van der Waals surface area contributed by atoms with Gasteiger partial charge in [0.1, 0.15) is 11.1 Å². The van der Waals surface area contributed by atoms with Gasteiger partial charge in [-0.3, -0.25) is 15.0 Å². The Hall–Kier alpha value is -2.76. The molecule has 2 saturated heterocycles. The number of hydrogen-bond acceptors (Lipinski definition) is 9. The van der Waals surface area contributed by atoms with Crippen molar-refractivity contribution in [3.05, 3.63) is 39.9 Å². The van der Waals surface area contributed by atoms with E-state index < -0.39 is 45.4 Å². The zero-order chi connectivity index (χ0) is 26.2. The fraction of sp³-hybridized carbons (Fsp3) is 0.667. The predicted molar refractivity (Wildman–Crippen MR) is 124 cm³/mol. The molecule has 2 aliphatic rings. The lowest BCUT2D eigenvalue weighted by Crippen LogP contribution is -2.69. The van der Waals surface area contributed by atoms with Gasteiger partial charge in [0, 0.05) is 24.6 Å². The van der Waals surface area contributed by atoms with E-state index in [0.29, 0.717) is 0 Å². The summed E-state index contributed by atoms with van der Waals surface area (Å²) in [5, 5.41) is 22.5. The van der Waals surface area contributed by atoms with E-state index >= 15 is 0 Å². The number of carbonyl (C=O) groups is 2. The van der Waals surface area contributed by atoms with E-state index in [9.17, 15) is 24.8 Å². The number of amides is 1. The molecule has 0 radical (unpaired) electrons. The lowest BCUT2D eigenvalue weighted by atomic mass is 9.75. The Kier molecular flexibility index (Phi) is 7.18. The number of esters is 1. The van der Waals surface area contributed by atoms with Crippen molar-refractivity contribution in [1.29, 1.82) is 0 Å². The fourth-order valence-corrected chi connectivity index (χ4v) is 4.38. The summed E-state index contributed by atoms with van der Waals surface area (Å²) < 4.78 is 22.7. The van der Waals surface area contributed by atoms with Gasteiger partial charge < -0.3 is 24.1 Å². The van der Waals surface area contributed by atoms with Crippen LogP contribution in [0.2, 0.25) is 0 Å². The lowest BCUT2D eigenvalue weighted by Gasteiger charge is -2.51. The Labute approximate surface area is 204 Å². The third kappa shape index (κ3) is 5.57. The molecule has 0 saturated carbocycles. The topological polar surface area (TPSA) is 138 Å². The predicted octanol–water partition coefficient (Wildman–Crippen LogP) is 3.28. The number of nitro groups is 1. The molecule has 2 fully saturated rings. The quantitative estimate of drug-likeness (QED) is 0.371. The first-order valence-electron chi connectivity index (χ1n) is 11.5. The first-order chi connectivity index (χ1) is 16.1. The van der Waals surface area contributed by atoms with E-state index in [2.05, 4.69) is 0 Å². The van der Waals surface area contributed by atoms with Crippen LogP contribution in [0.15, 0.2) is 24.3 Å². The van der Waals surface area contributed by atoms with Crippen LogP contribution in [0.5, 0.6) is 0 Å². The Morgan fingerprint density at radius 2 is 1.74 bits per heavy atom. The Bertz CT molecular complexity index is 956. The number of carbonyl (C=O) groups excluding carboxylic acids is 2. The molecule has 11 heteroatoms. The SMILES string of the molecule is CC(C)(C)OC(=O)N1C[C@@H](CCOC(=O)c2ccc([N+](=O)[O-])cc2)[C@](C)(O)C12COC(C)(C)OC2. The molecule has 0 bridgehead atoms. The molecular formula is C24H34N2O9. The number of nitro benzene ring substituents is 1. The van der Waals surface area contributed by atoms with Crippen LogP contribution in [0.1, 0.15) is 58.3 Å². The maximum absolute atomic E-state index is 13.1. The number of benzene rings is 1. The number of aliphatic hydroxyl groups is 1. The average molecular weight is 495 g/mol. The summed E-state index contributed by atoms with van der Waals surface area (Å²) in [6, 6.07) is 5.10. The van der Waals surface area contributed by atoms with Gasteiger partial charge in [0.2, 0.25) is 0 Å². The van der Waals surface area contributed by atoms with Crippen molar-refractivity contribution in [2.24, 2.45) is 5.92 Å². The highest BCUT2D eigenvalue weighted by Crippen LogP contribution is 2.47. The zero-order valence-corrected chi connectivity index (χ0v) is 21.0. The summed E-state index contributed by atoms with van der Waals surface area (Å²) in [6.07, 6.45) is -0.328. The van der Waals surface area contributed by atoms with Crippen LogP contribution in [-0.2, 0) is 18.9 Å². The maximum Gasteiger partial charge on any atom is 0.411 e. The van der Waals surface area contributed by atoms with Gasteiger partial charge in [-0.1, -0.05) is 0 Å². The van der Waals surface area contributed by atoms with Crippen LogP contribution in [0.3, 0.4) is 0 Å². The van der Waals surface area contributed by atoms with E-state index in [1.807, 2.05) is 0 Å². The number of hydrogen-bond donors (Lipinski definition) is 1.